The van der Waals surface area contributed by atoms with Crippen molar-refractivity contribution in [2.75, 3.05) is 13.2 Å². The largest absolute Gasteiger partial charge is 0.346 e. The van der Waals surface area contributed by atoms with Gasteiger partial charge in [0.15, 0.2) is 5.79 Å². The number of Topliss-reactive ketones (excluding diaryl/α,β-unsaturated/α-hetero) is 1. The lowest BCUT2D eigenvalue weighted by molar-refractivity contribution is -0.218. The fourth-order valence-corrected chi connectivity index (χ4v) is 5.33. The molecule has 0 aromatic heterocycles. The number of rotatable bonds is 2. The van der Waals surface area contributed by atoms with E-state index in [4.69, 9.17) is 9.47 Å². The molecule has 0 N–H and O–H groups in total. The SMILES string of the molecule is O=C1C[C@@H](Sc2ccccc2)C2(OCCO2)[C@H]2CC=CC[C@@H]12. The van der Waals surface area contributed by atoms with Gasteiger partial charge in [0, 0.05) is 23.2 Å². The van der Waals surface area contributed by atoms with Crippen LogP contribution in [-0.2, 0) is 14.3 Å². The molecule has 4 rings (SSSR count). The summed E-state index contributed by atoms with van der Waals surface area (Å²) in [6.45, 7) is 1.26. The first-order valence-corrected chi connectivity index (χ1v) is 8.85. The van der Waals surface area contributed by atoms with Gasteiger partial charge in [-0.3, -0.25) is 4.79 Å². The topological polar surface area (TPSA) is 35.5 Å². The van der Waals surface area contributed by atoms with E-state index in [-0.39, 0.29) is 17.1 Å². The number of fused-ring (bicyclic) bond motifs is 2. The van der Waals surface area contributed by atoms with Crippen molar-refractivity contribution in [3.05, 3.63) is 42.5 Å². The van der Waals surface area contributed by atoms with Gasteiger partial charge >= 0.3 is 0 Å². The van der Waals surface area contributed by atoms with Crippen molar-refractivity contribution in [2.24, 2.45) is 11.8 Å². The van der Waals surface area contributed by atoms with Crippen LogP contribution in [0, 0.1) is 11.8 Å². The number of ketones is 1. The summed E-state index contributed by atoms with van der Waals surface area (Å²) in [5.74, 6) is -0.00480. The van der Waals surface area contributed by atoms with Crippen LogP contribution in [0.25, 0.3) is 0 Å². The van der Waals surface area contributed by atoms with Gasteiger partial charge in [-0.1, -0.05) is 30.4 Å². The minimum Gasteiger partial charge on any atom is -0.346 e. The molecule has 1 aliphatic heterocycles. The Bertz CT molecular complexity index is 577. The summed E-state index contributed by atoms with van der Waals surface area (Å²) in [5, 5.41) is 0.0395. The lowest BCUT2D eigenvalue weighted by atomic mass is 9.68. The molecule has 1 spiro atoms. The number of carbonyl (C=O) groups excluding carboxylic acids is 1. The molecule has 1 saturated carbocycles. The molecule has 22 heavy (non-hydrogen) atoms. The molecule has 3 nitrogen and oxygen atoms in total. The molecule has 0 amide bonds. The molecule has 1 saturated heterocycles. The second-order valence-corrected chi connectivity index (χ2v) is 7.44. The van der Waals surface area contributed by atoms with Crippen molar-refractivity contribution in [3.8, 4) is 0 Å². The molecule has 3 aliphatic rings. The first kappa shape index (κ1) is 14.5. The molecule has 0 bridgehead atoms. The Kier molecular flexibility index (Phi) is 3.84. The Morgan fingerprint density at radius 1 is 1.05 bits per heavy atom. The van der Waals surface area contributed by atoms with Crippen molar-refractivity contribution in [1.29, 1.82) is 0 Å². The third-order valence-corrected chi connectivity index (χ3v) is 6.28. The fourth-order valence-electron chi connectivity index (χ4n) is 3.96. The molecule has 116 valence electrons. The molecule has 2 aliphatic carbocycles. The van der Waals surface area contributed by atoms with Gasteiger partial charge in [-0.25, -0.2) is 0 Å². The van der Waals surface area contributed by atoms with Crippen molar-refractivity contribution in [3.63, 3.8) is 0 Å². The Labute approximate surface area is 135 Å². The van der Waals surface area contributed by atoms with Crippen molar-refractivity contribution >= 4 is 17.5 Å². The van der Waals surface area contributed by atoms with E-state index >= 15 is 0 Å². The Morgan fingerprint density at radius 2 is 1.77 bits per heavy atom. The first-order chi connectivity index (χ1) is 10.8. The van der Waals surface area contributed by atoms with Crippen molar-refractivity contribution in [2.45, 2.75) is 35.2 Å². The van der Waals surface area contributed by atoms with Crippen LogP contribution >= 0.6 is 11.8 Å². The summed E-state index contributed by atoms with van der Waals surface area (Å²) in [5.41, 5.74) is 0. The second-order valence-electron chi connectivity index (χ2n) is 6.16. The minimum atomic E-state index is -0.593. The zero-order chi connectivity index (χ0) is 15.0. The molecule has 1 aromatic rings. The predicted molar refractivity (Wildman–Crippen MR) is 85.7 cm³/mol. The standard InChI is InChI=1S/C18H20O3S/c19-16-12-17(22-13-6-2-1-3-7-13)18(20-10-11-21-18)15-9-5-4-8-14(15)16/h1-7,14-15,17H,8-12H2/t14-,15+,17-/m1/s1. The van der Waals surface area contributed by atoms with Crippen LogP contribution in [0.2, 0.25) is 0 Å². The number of allylic oxidation sites excluding steroid dienone is 2. The molecule has 1 aromatic carbocycles. The van der Waals surface area contributed by atoms with Crippen LogP contribution in [0.1, 0.15) is 19.3 Å². The highest BCUT2D eigenvalue weighted by Gasteiger charge is 2.58. The van der Waals surface area contributed by atoms with Gasteiger partial charge in [-0.2, -0.15) is 0 Å². The molecule has 4 heteroatoms. The Balaban J connectivity index is 1.67. The van der Waals surface area contributed by atoms with Gasteiger partial charge < -0.3 is 9.47 Å². The maximum atomic E-state index is 12.6. The Morgan fingerprint density at radius 3 is 2.55 bits per heavy atom. The average molecular weight is 316 g/mol. The summed E-state index contributed by atoms with van der Waals surface area (Å²) in [6, 6.07) is 10.2. The van der Waals surface area contributed by atoms with E-state index in [0.717, 1.165) is 12.8 Å². The Hall–Kier alpha value is -1.10. The molecule has 0 radical (unpaired) electrons. The molecular weight excluding hydrogens is 296 g/mol. The van der Waals surface area contributed by atoms with E-state index in [0.29, 0.717) is 25.4 Å². The summed E-state index contributed by atoms with van der Waals surface area (Å²) >= 11 is 1.73. The molecule has 1 heterocycles. The van der Waals surface area contributed by atoms with E-state index in [2.05, 4.69) is 24.3 Å². The lowest BCUT2D eigenvalue weighted by Crippen LogP contribution is -2.57. The summed E-state index contributed by atoms with van der Waals surface area (Å²) in [6.07, 6.45) is 6.56. The van der Waals surface area contributed by atoms with Crippen LogP contribution in [0.4, 0.5) is 0 Å². The fraction of sp³-hybridized carbons (Fsp3) is 0.500. The van der Waals surface area contributed by atoms with Crippen LogP contribution in [0.15, 0.2) is 47.4 Å². The van der Waals surface area contributed by atoms with Gasteiger partial charge in [0.25, 0.3) is 0 Å². The van der Waals surface area contributed by atoms with Gasteiger partial charge in [-0.05, 0) is 25.0 Å². The maximum Gasteiger partial charge on any atom is 0.184 e. The number of ether oxygens (including phenoxy) is 2. The number of carbonyl (C=O) groups is 1. The zero-order valence-corrected chi connectivity index (χ0v) is 13.3. The summed E-state index contributed by atoms with van der Waals surface area (Å²) in [4.78, 5) is 13.8. The smallest absolute Gasteiger partial charge is 0.184 e. The van der Waals surface area contributed by atoms with Gasteiger partial charge in [-0.15, -0.1) is 11.8 Å². The third-order valence-electron chi connectivity index (χ3n) is 4.96. The number of hydrogen-bond donors (Lipinski definition) is 0. The minimum absolute atomic E-state index is 0.0395. The van der Waals surface area contributed by atoms with Crippen molar-refractivity contribution in [1.82, 2.24) is 0 Å². The van der Waals surface area contributed by atoms with E-state index in [1.807, 2.05) is 18.2 Å². The van der Waals surface area contributed by atoms with Crippen LogP contribution < -0.4 is 0 Å². The average Bonchev–Trinajstić information content (AvgIpc) is 3.05. The molecule has 2 fully saturated rings. The van der Waals surface area contributed by atoms with E-state index < -0.39 is 5.79 Å². The number of benzene rings is 1. The maximum absolute atomic E-state index is 12.6. The lowest BCUT2D eigenvalue weighted by Gasteiger charge is -2.48. The number of hydrogen-bond acceptors (Lipinski definition) is 4. The normalized spacial score (nSPS) is 33.1. The van der Waals surface area contributed by atoms with Crippen molar-refractivity contribution < 1.29 is 14.3 Å². The second kappa shape index (κ2) is 5.84. The van der Waals surface area contributed by atoms with Crippen LogP contribution in [0.5, 0.6) is 0 Å². The van der Waals surface area contributed by atoms with Gasteiger partial charge in [0.05, 0.1) is 18.5 Å². The van der Waals surface area contributed by atoms with Crippen LogP contribution in [0.3, 0.4) is 0 Å². The van der Waals surface area contributed by atoms with Gasteiger partial charge in [0.2, 0.25) is 0 Å². The zero-order valence-electron chi connectivity index (χ0n) is 12.4. The summed E-state index contributed by atoms with van der Waals surface area (Å²) < 4.78 is 12.3. The van der Waals surface area contributed by atoms with E-state index in [1.54, 1.807) is 11.8 Å². The molecular formula is C18H20O3S. The first-order valence-electron chi connectivity index (χ1n) is 7.97. The van der Waals surface area contributed by atoms with E-state index in [1.165, 1.54) is 4.90 Å². The van der Waals surface area contributed by atoms with Gasteiger partial charge in [0.1, 0.15) is 5.78 Å². The predicted octanol–water partition coefficient (Wildman–Crippen LogP) is 3.45. The van der Waals surface area contributed by atoms with Crippen LogP contribution in [-0.4, -0.2) is 30.0 Å². The third kappa shape index (κ3) is 2.34. The quantitative estimate of drug-likeness (QED) is 0.783. The molecule has 3 atom stereocenters. The number of thioether (sulfide) groups is 1. The monoisotopic (exact) mass is 316 g/mol. The molecule has 0 unspecified atom stereocenters. The summed E-state index contributed by atoms with van der Waals surface area (Å²) in [7, 11) is 0. The highest BCUT2D eigenvalue weighted by Crippen LogP contribution is 2.52. The highest BCUT2D eigenvalue weighted by atomic mass is 32.2. The van der Waals surface area contributed by atoms with E-state index in [9.17, 15) is 4.79 Å². The highest BCUT2D eigenvalue weighted by molar-refractivity contribution is 8.00.